The second-order valence-electron chi connectivity index (χ2n) is 7.84. The number of carbonyl (C=O) groups is 2. The van der Waals surface area contributed by atoms with E-state index in [0.717, 1.165) is 12.8 Å². The number of likely N-dealkylation sites (tertiary alicyclic amines) is 1. The number of fused-ring (bicyclic) bond motifs is 1. The van der Waals surface area contributed by atoms with E-state index in [0.29, 0.717) is 42.0 Å². The highest BCUT2D eigenvalue weighted by atomic mass is 16.7. The molecule has 0 bridgehead atoms. The van der Waals surface area contributed by atoms with Crippen molar-refractivity contribution in [2.24, 2.45) is 17.8 Å². The average Bonchev–Trinajstić information content (AvgIpc) is 3.23. The molecule has 4 rings (SSSR count). The molecule has 1 saturated carbocycles. The number of hydrogen-bond acceptors (Lipinski definition) is 4. The topological polar surface area (TPSA) is 67.9 Å². The van der Waals surface area contributed by atoms with Crippen molar-refractivity contribution < 1.29 is 19.1 Å². The lowest BCUT2D eigenvalue weighted by atomic mass is 9.77. The summed E-state index contributed by atoms with van der Waals surface area (Å²) in [5, 5.41) is 2.92. The number of nitrogens with zero attached hydrogens (tertiary/aromatic N) is 1. The molecule has 0 radical (unpaired) electrons. The number of benzene rings is 1. The zero-order chi connectivity index (χ0) is 18.3. The Morgan fingerprint density at radius 2 is 2.00 bits per heavy atom. The summed E-state index contributed by atoms with van der Waals surface area (Å²) in [7, 11) is 0. The van der Waals surface area contributed by atoms with Gasteiger partial charge >= 0.3 is 0 Å². The van der Waals surface area contributed by atoms with Gasteiger partial charge in [-0.25, -0.2) is 0 Å². The molecule has 1 aromatic carbocycles. The van der Waals surface area contributed by atoms with Crippen LogP contribution in [0.5, 0.6) is 11.5 Å². The highest BCUT2D eigenvalue weighted by Crippen LogP contribution is 2.37. The average molecular weight is 358 g/mol. The summed E-state index contributed by atoms with van der Waals surface area (Å²) in [6, 6.07) is 5.62. The third-order valence-electron chi connectivity index (χ3n) is 6.23. The molecule has 1 aliphatic carbocycles. The maximum Gasteiger partial charge on any atom is 0.231 e. The molecule has 1 aromatic rings. The summed E-state index contributed by atoms with van der Waals surface area (Å²) < 4.78 is 10.6. The zero-order valence-corrected chi connectivity index (χ0v) is 15.4. The molecule has 1 N–H and O–H groups in total. The lowest BCUT2D eigenvalue weighted by Gasteiger charge is -2.40. The van der Waals surface area contributed by atoms with Gasteiger partial charge in [-0.05, 0) is 30.4 Å². The Morgan fingerprint density at radius 3 is 2.85 bits per heavy atom. The third kappa shape index (κ3) is 3.13. The van der Waals surface area contributed by atoms with E-state index in [1.54, 1.807) is 18.2 Å². The molecule has 4 atom stereocenters. The van der Waals surface area contributed by atoms with Gasteiger partial charge in [0, 0.05) is 30.8 Å². The molecule has 140 valence electrons. The Balaban J connectivity index is 1.41. The number of amides is 2. The highest BCUT2D eigenvalue weighted by molar-refractivity contribution is 5.97. The molecule has 2 aliphatic heterocycles. The number of rotatable bonds is 3. The van der Waals surface area contributed by atoms with Gasteiger partial charge in [0.05, 0.1) is 5.92 Å². The van der Waals surface area contributed by atoms with Crippen molar-refractivity contribution in [1.82, 2.24) is 4.90 Å². The minimum Gasteiger partial charge on any atom is -0.454 e. The van der Waals surface area contributed by atoms with Crippen LogP contribution in [0, 0.1) is 17.8 Å². The lowest BCUT2D eigenvalue weighted by Crippen LogP contribution is -2.45. The summed E-state index contributed by atoms with van der Waals surface area (Å²) in [6.07, 6.45) is 3.74. The zero-order valence-electron chi connectivity index (χ0n) is 15.4. The maximum absolute atomic E-state index is 12.7. The van der Waals surface area contributed by atoms with Gasteiger partial charge in [-0.15, -0.1) is 0 Å². The van der Waals surface area contributed by atoms with Gasteiger partial charge in [-0.3, -0.25) is 9.59 Å². The molecular formula is C20H26N2O4. The summed E-state index contributed by atoms with van der Waals surface area (Å²) >= 11 is 0. The fourth-order valence-electron chi connectivity index (χ4n) is 4.44. The summed E-state index contributed by atoms with van der Waals surface area (Å²) in [6.45, 7) is 5.23. The van der Waals surface area contributed by atoms with Crippen LogP contribution in [0.15, 0.2) is 18.2 Å². The monoisotopic (exact) mass is 358 g/mol. The molecule has 0 aromatic heterocycles. The second kappa shape index (κ2) is 6.82. The van der Waals surface area contributed by atoms with Crippen LogP contribution in [0.25, 0.3) is 0 Å². The first-order chi connectivity index (χ1) is 12.5. The Kier molecular flexibility index (Phi) is 4.51. The number of ether oxygens (including phenoxy) is 2. The Labute approximate surface area is 153 Å². The van der Waals surface area contributed by atoms with E-state index in [-0.39, 0.29) is 30.6 Å². The summed E-state index contributed by atoms with van der Waals surface area (Å²) in [5.41, 5.74) is 0.671. The Morgan fingerprint density at radius 1 is 1.19 bits per heavy atom. The highest BCUT2D eigenvalue weighted by Gasteiger charge is 2.41. The SMILES string of the molecule is C[C@@H]1[C@@H](C)CCC[C@@H]1N1C[C@H](C(=O)Nc2ccc3c(c2)OCO3)CC1=O. The van der Waals surface area contributed by atoms with E-state index in [2.05, 4.69) is 19.2 Å². The van der Waals surface area contributed by atoms with Gasteiger partial charge in [-0.2, -0.15) is 0 Å². The molecule has 2 heterocycles. The van der Waals surface area contributed by atoms with Crippen molar-refractivity contribution in [1.29, 1.82) is 0 Å². The van der Waals surface area contributed by atoms with Gasteiger partial charge in [0.25, 0.3) is 0 Å². The molecule has 6 nitrogen and oxygen atoms in total. The van der Waals surface area contributed by atoms with E-state index in [1.165, 1.54) is 6.42 Å². The van der Waals surface area contributed by atoms with Gasteiger partial charge in [0.1, 0.15) is 0 Å². The van der Waals surface area contributed by atoms with Crippen LogP contribution < -0.4 is 14.8 Å². The molecule has 3 aliphatic rings. The standard InChI is InChI=1S/C20H26N2O4/c1-12-4-3-5-16(13(12)2)22-10-14(8-19(22)23)20(24)21-15-6-7-17-18(9-15)26-11-25-17/h6-7,9,12-14,16H,3-5,8,10-11H2,1-2H3,(H,21,24)/t12-,13+,14+,16-/m0/s1. The quantitative estimate of drug-likeness (QED) is 0.902. The van der Waals surface area contributed by atoms with E-state index < -0.39 is 0 Å². The number of hydrogen-bond donors (Lipinski definition) is 1. The van der Waals surface area contributed by atoms with Crippen LogP contribution in [0.1, 0.15) is 39.5 Å². The Hall–Kier alpha value is -2.24. The van der Waals surface area contributed by atoms with E-state index >= 15 is 0 Å². The van der Waals surface area contributed by atoms with Crippen molar-refractivity contribution in [3.8, 4) is 11.5 Å². The summed E-state index contributed by atoms with van der Waals surface area (Å²) in [5.74, 6) is 2.16. The molecule has 2 amide bonds. The van der Waals surface area contributed by atoms with Crippen LogP contribution in [-0.2, 0) is 9.59 Å². The predicted molar refractivity (Wildman–Crippen MR) is 97.0 cm³/mol. The number of nitrogens with one attached hydrogen (secondary N) is 1. The lowest BCUT2D eigenvalue weighted by molar-refractivity contribution is -0.131. The molecule has 26 heavy (non-hydrogen) atoms. The molecule has 6 heteroatoms. The van der Waals surface area contributed by atoms with Crippen LogP contribution in [-0.4, -0.2) is 36.1 Å². The van der Waals surface area contributed by atoms with Crippen molar-refractivity contribution in [3.05, 3.63) is 18.2 Å². The summed E-state index contributed by atoms with van der Waals surface area (Å²) in [4.78, 5) is 27.2. The molecular weight excluding hydrogens is 332 g/mol. The van der Waals surface area contributed by atoms with Crippen LogP contribution in [0.2, 0.25) is 0 Å². The van der Waals surface area contributed by atoms with Gasteiger partial charge < -0.3 is 19.7 Å². The smallest absolute Gasteiger partial charge is 0.231 e. The normalized spacial score (nSPS) is 30.5. The second-order valence-corrected chi connectivity index (χ2v) is 7.84. The minimum absolute atomic E-state index is 0.101. The van der Waals surface area contributed by atoms with Gasteiger partial charge in [0.15, 0.2) is 11.5 Å². The van der Waals surface area contributed by atoms with Crippen LogP contribution in [0.4, 0.5) is 5.69 Å². The maximum atomic E-state index is 12.7. The van der Waals surface area contributed by atoms with E-state index in [9.17, 15) is 9.59 Å². The molecule has 1 saturated heterocycles. The fourth-order valence-corrected chi connectivity index (χ4v) is 4.44. The first-order valence-electron chi connectivity index (χ1n) is 9.53. The predicted octanol–water partition coefficient (Wildman–Crippen LogP) is 3.03. The minimum atomic E-state index is -0.294. The molecule has 0 unspecified atom stereocenters. The van der Waals surface area contributed by atoms with E-state index in [4.69, 9.17) is 9.47 Å². The first-order valence-corrected chi connectivity index (χ1v) is 9.53. The molecule has 0 spiro atoms. The van der Waals surface area contributed by atoms with Crippen molar-refractivity contribution in [3.63, 3.8) is 0 Å². The number of carbonyl (C=O) groups excluding carboxylic acids is 2. The Bertz CT molecular complexity index is 720. The van der Waals surface area contributed by atoms with Gasteiger partial charge in [0.2, 0.25) is 18.6 Å². The van der Waals surface area contributed by atoms with E-state index in [1.807, 2.05) is 4.90 Å². The fraction of sp³-hybridized carbons (Fsp3) is 0.600. The largest absolute Gasteiger partial charge is 0.454 e. The van der Waals surface area contributed by atoms with Crippen molar-refractivity contribution in [2.75, 3.05) is 18.7 Å². The molecule has 2 fully saturated rings. The first kappa shape index (κ1) is 17.2. The van der Waals surface area contributed by atoms with Crippen molar-refractivity contribution in [2.45, 2.75) is 45.6 Å². The van der Waals surface area contributed by atoms with Crippen molar-refractivity contribution >= 4 is 17.5 Å². The number of anilines is 1. The van der Waals surface area contributed by atoms with Crippen LogP contribution >= 0.6 is 0 Å². The third-order valence-corrected chi connectivity index (χ3v) is 6.23. The van der Waals surface area contributed by atoms with Gasteiger partial charge in [-0.1, -0.05) is 26.7 Å². The van der Waals surface area contributed by atoms with Crippen LogP contribution in [0.3, 0.4) is 0 Å².